The summed E-state index contributed by atoms with van der Waals surface area (Å²) < 4.78 is 10.7. The second-order valence-electron chi connectivity index (χ2n) is 3.84. The van der Waals surface area contributed by atoms with Gasteiger partial charge >= 0.3 is 5.97 Å². The molecule has 0 saturated carbocycles. The topological polar surface area (TPSA) is 68.7 Å². The van der Waals surface area contributed by atoms with Crippen LogP contribution in [0.25, 0.3) is 0 Å². The Labute approximate surface area is 110 Å². The number of aromatic nitrogens is 1. The number of pyridine rings is 1. The average Bonchev–Trinajstić information content (AvgIpc) is 2.39. The number of carboxylic acids is 1. The maximum Gasteiger partial charge on any atom is 0.337 e. The summed E-state index contributed by atoms with van der Waals surface area (Å²) in [6, 6.07) is 10.2. The van der Waals surface area contributed by atoms with Crippen molar-refractivity contribution >= 4 is 5.97 Å². The third-order valence-corrected chi connectivity index (χ3v) is 2.57. The standard InChI is InChI=1S/C14H13NO4/c1-9-10(14(16)17)7-8-13(15-9)19-12-6-4-3-5-11(12)18-2/h3-8H,1-2H3,(H,16,17). The van der Waals surface area contributed by atoms with Gasteiger partial charge in [0.05, 0.1) is 18.4 Å². The number of aryl methyl sites for hydroxylation is 1. The van der Waals surface area contributed by atoms with E-state index in [0.29, 0.717) is 23.1 Å². The second-order valence-corrected chi connectivity index (χ2v) is 3.84. The van der Waals surface area contributed by atoms with E-state index in [9.17, 15) is 4.79 Å². The lowest BCUT2D eigenvalue weighted by Gasteiger charge is -2.10. The second kappa shape index (κ2) is 5.39. The van der Waals surface area contributed by atoms with Crippen LogP contribution in [0.3, 0.4) is 0 Å². The van der Waals surface area contributed by atoms with Gasteiger partial charge in [0.1, 0.15) is 0 Å². The number of hydrogen-bond donors (Lipinski definition) is 1. The number of carbonyl (C=O) groups is 1. The van der Waals surface area contributed by atoms with Crippen LogP contribution in [-0.4, -0.2) is 23.2 Å². The highest BCUT2D eigenvalue weighted by molar-refractivity contribution is 5.88. The number of nitrogens with zero attached hydrogens (tertiary/aromatic N) is 1. The molecule has 5 heteroatoms. The van der Waals surface area contributed by atoms with Crippen molar-refractivity contribution in [3.63, 3.8) is 0 Å². The molecule has 1 heterocycles. The van der Waals surface area contributed by atoms with E-state index >= 15 is 0 Å². The van der Waals surface area contributed by atoms with Gasteiger partial charge in [0.2, 0.25) is 5.88 Å². The summed E-state index contributed by atoms with van der Waals surface area (Å²) in [4.78, 5) is 15.0. The summed E-state index contributed by atoms with van der Waals surface area (Å²) in [7, 11) is 1.55. The van der Waals surface area contributed by atoms with E-state index in [1.54, 1.807) is 26.2 Å². The Morgan fingerprint density at radius 1 is 1.16 bits per heavy atom. The van der Waals surface area contributed by atoms with Gasteiger partial charge in [0.25, 0.3) is 0 Å². The van der Waals surface area contributed by atoms with E-state index < -0.39 is 5.97 Å². The maximum atomic E-state index is 10.9. The zero-order valence-electron chi connectivity index (χ0n) is 10.6. The Hall–Kier alpha value is -2.56. The number of carboxylic acid groups (broad SMARTS) is 1. The van der Waals surface area contributed by atoms with Gasteiger partial charge < -0.3 is 14.6 Å². The molecule has 0 spiro atoms. The number of rotatable bonds is 4. The number of methoxy groups -OCH3 is 1. The van der Waals surface area contributed by atoms with Crippen LogP contribution in [-0.2, 0) is 0 Å². The number of aromatic carboxylic acids is 1. The number of para-hydroxylation sites is 2. The van der Waals surface area contributed by atoms with Crippen LogP contribution in [0.1, 0.15) is 16.1 Å². The lowest BCUT2D eigenvalue weighted by atomic mass is 10.2. The molecule has 1 N–H and O–H groups in total. The molecule has 98 valence electrons. The maximum absolute atomic E-state index is 10.9. The van der Waals surface area contributed by atoms with Crippen LogP contribution in [0.4, 0.5) is 0 Å². The average molecular weight is 259 g/mol. The molecule has 5 nitrogen and oxygen atoms in total. The van der Waals surface area contributed by atoms with Crippen molar-refractivity contribution in [1.29, 1.82) is 0 Å². The largest absolute Gasteiger partial charge is 0.493 e. The quantitative estimate of drug-likeness (QED) is 0.914. The first kappa shape index (κ1) is 12.9. The molecule has 0 unspecified atom stereocenters. The van der Waals surface area contributed by atoms with Crippen molar-refractivity contribution in [2.75, 3.05) is 7.11 Å². The van der Waals surface area contributed by atoms with Crippen LogP contribution in [0.15, 0.2) is 36.4 Å². The molecular formula is C14H13NO4. The molecule has 2 rings (SSSR count). The van der Waals surface area contributed by atoms with Crippen molar-refractivity contribution in [3.8, 4) is 17.4 Å². The van der Waals surface area contributed by atoms with Crippen LogP contribution >= 0.6 is 0 Å². The zero-order valence-corrected chi connectivity index (χ0v) is 10.6. The summed E-state index contributed by atoms with van der Waals surface area (Å²) in [5, 5.41) is 8.93. The fraction of sp³-hybridized carbons (Fsp3) is 0.143. The molecule has 0 aliphatic carbocycles. The summed E-state index contributed by atoms with van der Waals surface area (Å²) >= 11 is 0. The molecule has 0 fully saturated rings. The van der Waals surface area contributed by atoms with Gasteiger partial charge in [-0.3, -0.25) is 0 Å². The molecule has 19 heavy (non-hydrogen) atoms. The number of benzene rings is 1. The first-order chi connectivity index (χ1) is 9.11. The molecular weight excluding hydrogens is 246 g/mol. The van der Waals surface area contributed by atoms with E-state index in [1.165, 1.54) is 12.1 Å². The first-order valence-corrected chi connectivity index (χ1v) is 5.63. The predicted octanol–water partition coefficient (Wildman–Crippen LogP) is 2.89. The highest BCUT2D eigenvalue weighted by Gasteiger charge is 2.11. The van der Waals surface area contributed by atoms with Crippen molar-refractivity contribution < 1.29 is 19.4 Å². The van der Waals surface area contributed by atoms with Crippen LogP contribution < -0.4 is 9.47 Å². The van der Waals surface area contributed by atoms with E-state index in [2.05, 4.69) is 4.98 Å². The van der Waals surface area contributed by atoms with Crippen LogP contribution in [0.5, 0.6) is 17.4 Å². The molecule has 0 amide bonds. The molecule has 0 radical (unpaired) electrons. The Balaban J connectivity index is 2.29. The minimum atomic E-state index is -1.01. The Morgan fingerprint density at radius 3 is 2.42 bits per heavy atom. The molecule has 0 atom stereocenters. The van der Waals surface area contributed by atoms with E-state index in [0.717, 1.165) is 0 Å². The third-order valence-electron chi connectivity index (χ3n) is 2.57. The van der Waals surface area contributed by atoms with Crippen LogP contribution in [0, 0.1) is 6.92 Å². The van der Waals surface area contributed by atoms with Gasteiger partial charge in [0, 0.05) is 6.07 Å². The van der Waals surface area contributed by atoms with E-state index in [-0.39, 0.29) is 5.56 Å². The van der Waals surface area contributed by atoms with Crippen molar-refractivity contribution in [1.82, 2.24) is 4.98 Å². The SMILES string of the molecule is COc1ccccc1Oc1ccc(C(=O)O)c(C)n1. The molecule has 0 aliphatic heterocycles. The molecule has 1 aromatic heterocycles. The number of ether oxygens (including phenoxy) is 2. The van der Waals surface area contributed by atoms with Gasteiger partial charge in [-0.2, -0.15) is 0 Å². The fourth-order valence-electron chi connectivity index (χ4n) is 1.64. The van der Waals surface area contributed by atoms with Gasteiger partial charge in [0.15, 0.2) is 11.5 Å². The smallest absolute Gasteiger partial charge is 0.337 e. The molecule has 0 aliphatic rings. The molecule has 2 aromatic rings. The van der Waals surface area contributed by atoms with E-state index in [4.69, 9.17) is 14.6 Å². The molecule has 0 saturated heterocycles. The Morgan fingerprint density at radius 2 is 1.84 bits per heavy atom. The highest BCUT2D eigenvalue weighted by Crippen LogP contribution is 2.30. The zero-order chi connectivity index (χ0) is 13.8. The van der Waals surface area contributed by atoms with Gasteiger partial charge in [-0.25, -0.2) is 9.78 Å². The van der Waals surface area contributed by atoms with Gasteiger partial charge in [-0.05, 0) is 25.1 Å². The minimum Gasteiger partial charge on any atom is -0.493 e. The summed E-state index contributed by atoms with van der Waals surface area (Å²) in [6.45, 7) is 1.62. The third kappa shape index (κ3) is 2.82. The lowest BCUT2D eigenvalue weighted by Crippen LogP contribution is -2.02. The fourth-order valence-corrected chi connectivity index (χ4v) is 1.64. The normalized spacial score (nSPS) is 10.0. The highest BCUT2D eigenvalue weighted by atomic mass is 16.5. The van der Waals surface area contributed by atoms with Gasteiger partial charge in [-0.15, -0.1) is 0 Å². The van der Waals surface area contributed by atoms with Crippen molar-refractivity contribution in [2.24, 2.45) is 0 Å². The van der Waals surface area contributed by atoms with Crippen molar-refractivity contribution in [2.45, 2.75) is 6.92 Å². The predicted molar refractivity (Wildman–Crippen MR) is 69.0 cm³/mol. The summed E-state index contributed by atoms with van der Waals surface area (Å²) in [5.74, 6) is 0.435. The first-order valence-electron chi connectivity index (χ1n) is 5.63. The Kier molecular flexibility index (Phi) is 3.66. The summed E-state index contributed by atoms with van der Waals surface area (Å²) in [6.07, 6.45) is 0. The monoisotopic (exact) mass is 259 g/mol. The Bertz CT molecular complexity index is 610. The van der Waals surface area contributed by atoms with Crippen LogP contribution in [0.2, 0.25) is 0 Å². The van der Waals surface area contributed by atoms with Gasteiger partial charge in [-0.1, -0.05) is 12.1 Å². The lowest BCUT2D eigenvalue weighted by molar-refractivity contribution is 0.0695. The molecule has 1 aromatic carbocycles. The minimum absolute atomic E-state index is 0.160. The van der Waals surface area contributed by atoms with Crippen molar-refractivity contribution in [3.05, 3.63) is 47.7 Å². The van der Waals surface area contributed by atoms with E-state index in [1.807, 2.05) is 12.1 Å². The summed E-state index contributed by atoms with van der Waals surface area (Å²) in [5.41, 5.74) is 0.562. The molecule has 0 bridgehead atoms. The number of hydrogen-bond acceptors (Lipinski definition) is 4.